The normalized spacial score (nSPS) is 10.9. The Hall–Kier alpha value is -7.63. The lowest BCUT2D eigenvalue weighted by molar-refractivity contribution is 1.09. The zero-order valence-corrected chi connectivity index (χ0v) is 26.0. The number of aromatic nitrogens is 2. The van der Waals surface area contributed by atoms with Crippen LogP contribution in [-0.2, 0) is 0 Å². The van der Waals surface area contributed by atoms with Crippen molar-refractivity contribution in [2.24, 2.45) is 0 Å². The SMILES string of the molecule is [C-]#[N+]c1ccc2c3ccc(C#N)cc3n(-c3cc(C)c(-c4cccc(C#N)c4)cc3-n3c4cc([N+]#[C-])ccc4c4ccc([N+]#[C-])cc43)c2c1. The first-order valence-corrected chi connectivity index (χ1v) is 15.3. The first kappa shape index (κ1) is 28.8. The van der Waals surface area contributed by atoms with Crippen LogP contribution in [0.5, 0.6) is 0 Å². The van der Waals surface area contributed by atoms with Crippen LogP contribution < -0.4 is 0 Å². The van der Waals surface area contributed by atoms with Crippen molar-refractivity contribution in [3.05, 3.63) is 160 Å². The summed E-state index contributed by atoms with van der Waals surface area (Å²) in [5.74, 6) is 0. The Morgan fingerprint density at radius 3 is 1.45 bits per heavy atom. The summed E-state index contributed by atoms with van der Waals surface area (Å²) in [7, 11) is 0. The van der Waals surface area contributed by atoms with Crippen LogP contribution in [0.1, 0.15) is 16.7 Å². The van der Waals surface area contributed by atoms with Crippen LogP contribution in [0.25, 0.3) is 80.6 Å². The predicted molar refractivity (Wildman–Crippen MR) is 194 cm³/mol. The second-order valence-corrected chi connectivity index (χ2v) is 11.8. The van der Waals surface area contributed by atoms with Crippen molar-refractivity contribution >= 4 is 60.7 Å². The molecule has 224 valence electrons. The largest absolute Gasteiger partial charge is 0.310 e. The van der Waals surface area contributed by atoms with Crippen LogP contribution in [0.4, 0.5) is 17.1 Å². The Bertz CT molecular complexity index is 2810. The number of hydrogen-bond acceptors (Lipinski definition) is 2. The number of rotatable bonds is 3. The minimum absolute atomic E-state index is 0.481. The van der Waals surface area contributed by atoms with E-state index < -0.39 is 0 Å². The number of nitriles is 2. The van der Waals surface area contributed by atoms with Crippen LogP contribution in [0, 0.1) is 49.3 Å². The van der Waals surface area contributed by atoms with Crippen LogP contribution >= 0.6 is 0 Å². The fourth-order valence-corrected chi connectivity index (χ4v) is 6.91. The zero-order valence-electron chi connectivity index (χ0n) is 26.0. The van der Waals surface area contributed by atoms with Gasteiger partial charge in [-0.1, -0.05) is 54.6 Å². The predicted octanol–water partition coefficient (Wildman–Crippen LogP) is 11.3. The minimum atomic E-state index is 0.481. The van der Waals surface area contributed by atoms with E-state index in [-0.39, 0.29) is 0 Å². The molecule has 0 unspecified atom stereocenters. The molecule has 0 saturated heterocycles. The second-order valence-electron chi connectivity index (χ2n) is 11.8. The number of hydrogen-bond donors (Lipinski definition) is 0. The number of fused-ring (bicyclic) bond motifs is 6. The molecule has 0 aliphatic heterocycles. The summed E-state index contributed by atoms with van der Waals surface area (Å²) < 4.78 is 4.21. The molecular formula is C42H21N7. The summed E-state index contributed by atoms with van der Waals surface area (Å²) in [6, 6.07) is 38.7. The van der Waals surface area contributed by atoms with Crippen molar-refractivity contribution in [1.82, 2.24) is 9.13 Å². The van der Waals surface area contributed by atoms with E-state index in [9.17, 15) is 10.5 Å². The molecule has 0 amide bonds. The van der Waals surface area contributed by atoms with Crippen molar-refractivity contribution < 1.29 is 0 Å². The van der Waals surface area contributed by atoms with Crippen molar-refractivity contribution in [2.75, 3.05) is 0 Å². The summed E-state index contributed by atoms with van der Waals surface area (Å²) >= 11 is 0. The zero-order chi connectivity index (χ0) is 33.8. The van der Waals surface area contributed by atoms with Gasteiger partial charge in [-0.25, -0.2) is 14.5 Å². The van der Waals surface area contributed by atoms with Gasteiger partial charge in [-0.05, 0) is 78.2 Å². The average Bonchev–Trinajstić information content (AvgIpc) is 3.65. The van der Waals surface area contributed by atoms with Gasteiger partial charge in [0, 0.05) is 38.1 Å². The molecule has 7 nitrogen and oxygen atoms in total. The smallest absolute Gasteiger partial charge is 0.189 e. The highest BCUT2D eigenvalue weighted by atomic mass is 15.1. The Morgan fingerprint density at radius 2 is 0.959 bits per heavy atom. The van der Waals surface area contributed by atoms with Crippen molar-refractivity contribution in [3.8, 4) is 34.6 Å². The highest BCUT2D eigenvalue weighted by molar-refractivity contribution is 6.13. The molecule has 0 aliphatic carbocycles. The lowest BCUT2D eigenvalue weighted by Gasteiger charge is -2.20. The van der Waals surface area contributed by atoms with E-state index in [1.165, 1.54) is 0 Å². The molecule has 6 aromatic carbocycles. The Kier molecular flexibility index (Phi) is 6.48. The number of nitrogens with zero attached hydrogens (tertiary/aromatic N) is 7. The van der Waals surface area contributed by atoms with Crippen molar-refractivity contribution in [2.45, 2.75) is 6.92 Å². The van der Waals surface area contributed by atoms with E-state index in [4.69, 9.17) is 19.7 Å². The highest BCUT2D eigenvalue weighted by Crippen LogP contribution is 2.43. The van der Waals surface area contributed by atoms with E-state index in [1.807, 2.05) is 73.7 Å². The van der Waals surface area contributed by atoms with Crippen LogP contribution in [-0.4, -0.2) is 9.13 Å². The summed E-state index contributed by atoms with van der Waals surface area (Å²) in [6.07, 6.45) is 0. The van der Waals surface area contributed by atoms with E-state index >= 15 is 0 Å². The van der Waals surface area contributed by atoms with Gasteiger partial charge in [-0.15, -0.1) is 0 Å². The maximum Gasteiger partial charge on any atom is 0.189 e. The second kappa shape index (κ2) is 11.0. The first-order valence-electron chi connectivity index (χ1n) is 15.3. The molecule has 0 saturated carbocycles. The maximum atomic E-state index is 9.93. The number of benzene rings is 6. The van der Waals surface area contributed by atoms with Crippen LogP contribution in [0.2, 0.25) is 0 Å². The lowest BCUT2D eigenvalue weighted by Crippen LogP contribution is -2.05. The Morgan fingerprint density at radius 1 is 0.510 bits per heavy atom. The molecule has 0 bridgehead atoms. The average molecular weight is 624 g/mol. The molecule has 2 aromatic heterocycles. The van der Waals surface area contributed by atoms with Gasteiger partial charge in [0.2, 0.25) is 0 Å². The molecule has 0 atom stereocenters. The van der Waals surface area contributed by atoms with E-state index in [0.29, 0.717) is 28.2 Å². The Balaban J connectivity index is 1.61. The molecule has 2 heterocycles. The van der Waals surface area contributed by atoms with E-state index in [2.05, 4.69) is 47.9 Å². The molecular weight excluding hydrogens is 603 g/mol. The minimum Gasteiger partial charge on any atom is -0.310 e. The van der Waals surface area contributed by atoms with Gasteiger partial charge in [0.25, 0.3) is 0 Å². The van der Waals surface area contributed by atoms with E-state index in [0.717, 1.165) is 71.7 Å². The van der Waals surface area contributed by atoms with Gasteiger partial charge in [0.05, 0.1) is 59.9 Å². The van der Waals surface area contributed by atoms with Gasteiger partial charge in [0.15, 0.2) is 17.1 Å². The molecule has 0 N–H and O–H groups in total. The quantitative estimate of drug-likeness (QED) is 0.184. The summed E-state index contributed by atoms with van der Waals surface area (Å²) in [5.41, 5.74) is 10.00. The standard InChI is InChI=1S/C42H21N7/c1-25-16-41(48-37-18-27(24-44)8-12-32(37)33-13-9-29(45-2)19-38(33)48)42(22-36(25)28-7-5-6-26(17-28)23-43)49-39-20-30(46-3)10-14-34(39)35-15-11-31(47-4)21-40(35)49/h5-22H,1H3. The van der Waals surface area contributed by atoms with Gasteiger partial charge in [0.1, 0.15) is 0 Å². The van der Waals surface area contributed by atoms with Gasteiger partial charge in [-0.2, -0.15) is 10.5 Å². The fraction of sp³-hybridized carbons (Fsp3) is 0.0238. The molecule has 0 radical (unpaired) electrons. The van der Waals surface area contributed by atoms with Gasteiger partial charge < -0.3 is 9.13 Å². The third-order valence-corrected chi connectivity index (χ3v) is 9.11. The summed E-state index contributed by atoms with van der Waals surface area (Å²) in [5, 5.41) is 23.4. The van der Waals surface area contributed by atoms with Crippen molar-refractivity contribution in [1.29, 1.82) is 10.5 Å². The molecule has 0 aliphatic rings. The van der Waals surface area contributed by atoms with E-state index in [1.54, 1.807) is 30.3 Å². The monoisotopic (exact) mass is 623 g/mol. The molecule has 49 heavy (non-hydrogen) atoms. The third kappa shape index (κ3) is 4.39. The molecule has 8 aromatic rings. The molecule has 0 fully saturated rings. The first-order chi connectivity index (χ1) is 24.0. The maximum absolute atomic E-state index is 9.93. The Labute approximate surface area is 281 Å². The molecule has 7 heteroatoms. The van der Waals surface area contributed by atoms with Gasteiger partial charge >= 0.3 is 0 Å². The third-order valence-electron chi connectivity index (χ3n) is 9.11. The highest BCUT2D eigenvalue weighted by Gasteiger charge is 2.22. The van der Waals surface area contributed by atoms with Crippen LogP contribution in [0.15, 0.2) is 109 Å². The topological polar surface area (TPSA) is 70.5 Å². The fourth-order valence-electron chi connectivity index (χ4n) is 6.91. The lowest BCUT2D eigenvalue weighted by atomic mass is 9.97. The number of aryl methyl sites for hydroxylation is 1. The molecule has 0 spiro atoms. The van der Waals surface area contributed by atoms with Crippen molar-refractivity contribution in [3.63, 3.8) is 0 Å². The summed E-state index contributed by atoms with van der Waals surface area (Å²) in [4.78, 5) is 11.2. The summed E-state index contributed by atoms with van der Waals surface area (Å²) in [6.45, 7) is 25.4. The van der Waals surface area contributed by atoms with Crippen LogP contribution in [0.3, 0.4) is 0 Å². The van der Waals surface area contributed by atoms with Gasteiger partial charge in [-0.3, -0.25) is 0 Å². The molecule has 8 rings (SSSR count).